The van der Waals surface area contributed by atoms with E-state index >= 15 is 0 Å². The number of hydrogen-bond donors (Lipinski definition) is 0. The van der Waals surface area contributed by atoms with Crippen LogP contribution < -0.4 is 0 Å². The Hall–Kier alpha value is -1.18. The standard InChI is InChI=1S/C10H10ClN3O/c11-9-8(13-3-4-14-9)10(7-12)1-5-15-6-2-10/h3-4H,1-2,5-6H2. The average molecular weight is 224 g/mol. The van der Waals surface area contributed by atoms with Gasteiger partial charge in [0.1, 0.15) is 5.41 Å². The van der Waals surface area contributed by atoms with Crippen molar-refractivity contribution >= 4 is 11.6 Å². The summed E-state index contributed by atoms with van der Waals surface area (Å²) in [5.41, 5.74) is -0.0404. The lowest BCUT2D eigenvalue weighted by molar-refractivity contribution is 0.0663. The molecule has 78 valence electrons. The van der Waals surface area contributed by atoms with Crippen LogP contribution in [0, 0.1) is 11.3 Å². The van der Waals surface area contributed by atoms with Gasteiger partial charge in [-0.15, -0.1) is 0 Å². The predicted molar refractivity (Wildman–Crippen MR) is 54.4 cm³/mol. The van der Waals surface area contributed by atoms with Gasteiger partial charge >= 0.3 is 0 Å². The Morgan fingerprint density at radius 3 is 2.60 bits per heavy atom. The molecule has 0 spiro atoms. The van der Waals surface area contributed by atoms with Crippen molar-refractivity contribution < 1.29 is 4.74 Å². The van der Waals surface area contributed by atoms with Crippen molar-refractivity contribution in [2.24, 2.45) is 0 Å². The van der Waals surface area contributed by atoms with Crippen molar-refractivity contribution in [3.63, 3.8) is 0 Å². The van der Waals surface area contributed by atoms with Crippen LogP contribution in [-0.4, -0.2) is 23.2 Å². The summed E-state index contributed by atoms with van der Waals surface area (Å²) >= 11 is 5.96. The summed E-state index contributed by atoms with van der Waals surface area (Å²) < 4.78 is 5.25. The zero-order valence-corrected chi connectivity index (χ0v) is 8.87. The fourth-order valence-electron chi connectivity index (χ4n) is 1.76. The summed E-state index contributed by atoms with van der Waals surface area (Å²) in [6.07, 6.45) is 4.34. The molecule has 0 aliphatic carbocycles. The first-order valence-electron chi connectivity index (χ1n) is 4.74. The molecule has 0 aromatic carbocycles. The van der Waals surface area contributed by atoms with E-state index < -0.39 is 5.41 Å². The summed E-state index contributed by atoms with van der Waals surface area (Å²) in [5, 5.41) is 9.61. The van der Waals surface area contributed by atoms with Crippen LogP contribution in [-0.2, 0) is 10.2 Å². The minimum atomic E-state index is -0.621. The van der Waals surface area contributed by atoms with Gasteiger partial charge in [0, 0.05) is 25.6 Å². The summed E-state index contributed by atoms with van der Waals surface area (Å²) in [6, 6.07) is 2.31. The molecule has 1 aromatic rings. The third kappa shape index (κ3) is 1.81. The number of ether oxygens (including phenoxy) is 1. The van der Waals surface area contributed by atoms with Crippen molar-refractivity contribution in [3.8, 4) is 6.07 Å². The molecule has 0 bridgehead atoms. The lowest BCUT2D eigenvalue weighted by Gasteiger charge is -2.30. The molecule has 0 N–H and O–H groups in total. The molecule has 4 nitrogen and oxygen atoms in total. The summed E-state index contributed by atoms with van der Waals surface area (Å²) in [4.78, 5) is 8.13. The molecule has 2 heterocycles. The lowest BCUT2D eigenvalue weighted by Crippen LogP contribution is -2.33. The third-order valence-electron chi connectivity index (χ3n) is 2.67. The number of nitriles is 1. The Bertz CT molecular complexity index is 396. The maximum absolute atomic E-state index is 9.29. The molecule has 0 atom stereocenters. The first-order valence-corrected chi connectivity index (χ1v) is 5.12. The molecule has 1 aliphatic heterocycles. The van der Waals surface area contributed by atoms with E-state index in [0.717, 1.165) is 0 Å². The maximum atomic E-state index is 9.29. The highest BCUT2D eigenvalue weighted by molar-refractivity contribution is 6.30. The van der Waals surface area contributed by atoms with E-state index in [1.165, 1.54) is 6.20 Å². The van der Waals surface area contributed by atoms with E-state index in [2.05, 4.69) is 16.0 Å². The average Bonchev–Trinajstić information content (AvgIpc) is 2.30. The van der Waals surface area contributed by atoms with E-state index in [1.807, 2.05) is 0 Å². The first kappa shape index (κ1) is 10.3. The summed E-state index contributed by atoms with van der Waals surface area (Å²) in [6.45, 7) is 1.14. The topological polar surface area (TPSA) is 58.8 Å². The van der Waals surface area contributed by atoms with Gasteiger partial charge in [-0.1, -0.05) is 11.6 Å². The van der Waals surface area contributed by atoms with Gasteiger partial charge in [0.2, 0.25) is 0 Å². The molecular weight excluding hydrogens is 214 g/mol. The Morgan fingerprint density at radius 2 is 2.00 bits per heavy atom. The van der Waals surface area contributed by atoms with Gasteiger partial charge in [-0.25, -0.2) is 4.98 Å². The number of aromatic nitrogens is 2. The van der Waals surface area contributed by atoms with Gasteiger partial charge in [-0.3, -0.25) is 4.98 Å². The predicted octanol–water partition coefficient (Wildman–Crippen LogP) is 1.70. The minimum Gasteiger partial charge on any atom is -0.381 e. The highest BCUT2D eigenvalue weighted by Crippen LogP contribution is 2.35. The third-order valence-corrected chi connectivity index (χ3v) is 2.94. The molecule has 2 rings (SSSR count). The fourth-order valence-corrected chi connectivity index (χ4v) is 2.05. The molecule has 5 heteroatoms. The van der Waals surface area contributed by atoms with E-state index in [-0.39, 0.29) is 0 Å². The van der Waals surface area contributed by atoms with Crippen LogP contribution in [0.1, 0.15) is 18.5 Å². The monoisotopic (exact) mass is 223 g/mol. The second kappa shape index (κ2) is 4.13. The van der Waals surface area contributed by atoms with Crippen molar-refractivity contribution in [1.82, 2.24) is 9.97 Å². The number of hydrogen-bond acceptors (Lipinski definition) is 4. The number of nitrogens with zero attached hydrogens (tertiary/aromatic N) is 3. The second-order valence-corrected chi connectivity index (χ2v) is 3.86. The Labute approximate surface area is 92.9 Å². The molecule has 1 saturated heterocycles. The molecule has 1 fully saturated rings. The molecule has 1 aromatic heterocycles. The Balaban J connectivity index is 2.42. The van der Waals surface area contributed by atoms with Gasteiger partial charge in [-0.05, 0) is 12.8 Å². The number of rotatable bonds is 1. The van der Waals surface area contributed by atoms with Gasteiger partial charge in [-0.2, -0.15) is 5.26 Å². The van der Waals surface area contributed by atoms with Crippen LogP contribution in [0.3, 0.4) is 0 Å². The van der Waals surface area contributed by atoms with Gasteiger partial charge < -0.3 is 4.74 Å². The van der Waals surface area contributed by atoms with E-state index in [4.69, 9.17) is 16.3 Å². The largest absolute Gasteiger partial charge is 0.381 e. The minimum absolute atomic E-state index is 0.320. The van der Waals surface area contributed by atoms with E-state index in [9.17, 15) is 5.26 Å². The van der Waals surface area contributed by atoms with Crippen LogP contribution in [0.5, 0.6) is 0 Å². The van der Waals surface area contributed by atoms with Crippen molar-refractivity contribution in [1.29, 1.82) is 5.26 Å². The SMILES string of the molecule is N#CC1(c2nccnc2Cl)CCOCC1. The molecular formula is C10H10ClN3O. The molecule has 1 aliphatic rings. The van der Waals surface area contributed by atoms with E-state index in [0.29, 0.717) is 36.9 Å². The van der Waals surface area contributed by atoms with Crippen molar-refractivity contribution in [2.45, 2.75) is 18.3 Å². The number of halogens is 1. The van der Waals surface area contributed by atoms with Crippen LogP contribution in [0.2, 0.25) is 5.15 Å². The smallest absolute Gasteiger partial charge is 0.152 e. The molecule has 0 amide bonds. The zero-order chi connectivity index (χ0) is 10.7. The van der Waals surface area contributed by atoms with Crippen LogP contribution in [0.25, 0.3) is 0 Å². The zero-order valence-electron chi connectivity index (χ0n) is 8.11. The fraction of sp³-hybridized carbons (Fsp3) is 0.500. The normalized spacial score (nSPS) is 19.5. The Kier molecular flexibility index (Phi) is 2.85. The molecule has 0 radical (unpaired) electrons. The molecule has 0 saturated carbocycles. The van der Waals surface area contributed by atoms with Crippen LogP contribution in [0.4, 0.5) is 0 Å². The molecule has 15 heavy (non-hydrogen) atoms. The quantitative estimate of drug-likeness (QED) is 0.727. The van der Waals surface area contributed by atoms with Crippen LogP contribution in [0.15, 0.2) is 12.4 Å². The second-order valence-electron chi connectivity index (χ2n) is 3.50. The van der Waals surface area contributed by atoms with Gasteiger partial charge in [0.25, 0.3) is 0 Å². The van der Waals surface area contributed by atoms with Crippen molar-refractivity contribution in [3.05, 3.63) is 23.2 Å². The van der Waals surface area contributed by atoms with Gasteiger partial charge in [0.15, 0.2) is 5.15 Å². The van der Waals surface area contributed by atoms with E-state index in [1.54, 1.807) is 6.20 Å². The van der Waals surface area contributed by atoms with Crippen LogP contribution >= 0.6 is 11.6 Å². The highest BCUT2D eigenvalue weighted by atomic mass is 35.5. The lowest BCUT2D eigenvalue weighted by atomic mass is 9.79. The molecule has 0 unspecified atom stereocenters. The summed E-state index contributed by atoms with van der Waals surface area (Å²) in [7, 11) is 0. The van der Waals surface area contributed by atoms with Gasteiger partial charge in [0.05, 0.1) is 11.8 Å². The first-order chi connectivity index (χ1) is 7.28. The van der Waals surface area contributed by atoms with Crippen molar-refractivity contribution in [2.75, 3.05) is 13.2 Å². The highest BCUT2D eigenvalue weighted by Gasteiger charge is 2.38. The Morgan fingerprint density at radius 1 is 1.33 bits per heavy atom. The summed E-state index contributed by atoms with van der Waals surface area (Å²) in [5.74, 6) is 0. The maximum Gasteiger partial charge on any atom is 0.152 e.